The molecule has 0 radical (unpaired) electrons. The number of pyridine rings is 1. The summed E-state index contributed by atoms with van der Waals surface area (Å²) in [5.74, 6) is 0.454. The van der Waals surface area contributed by atoms with E-state index in [9.17, 15) is 9.59 Å². The molecule has 2 aliphatic rings. The molecule has 0 bridgehead atoms. The smallest absolute Gasteiger partial charge is 0.249 e. The van der Waals surface area contributed by atoms with E-state index in [-0.39, 0.29) is 17.9 Å². The lowest BCUT2D eigenvalue weighted by molar-refractivity contribution is -0.133. The van der Waals surface area contributed by atoms with E-state index in [2.05, 4.69) is 25.8 Å². The Morgan fingerprint density at radius 2 is 2.10 bits per heavy atom. The number of hydrogen-bond acceptors (Lipinski definition) is 6. The molecule has 3 heterocycles. The molecule has 7 heteroatoms. The number of nitrogens with zero attached hydrogens (tertiary/aromatic N) is 2. The first-order valence-corrected chi connectivity index (χ1v) is 7.24. The van der Waals surface area contributed by atoms with Gasteiger partial charge in [-0.15, -0.1) is 0 Å². The quantitative estimate of drug-likeness (QED) is 0.663. The minimum Gasteiger partial charge on any atom is -0.374 e. The van der Waals surface area contributed by atoms with Gasteiger partial charge in [0.15, 0.2) is 0 Å². The highest BCUT2D eigenvalue weighted by Gasteiger charge is 2.26. The summed E-state index contributed by atoms with van der Waals surface area (Å²) in [4.78, 5) is 29.5. The molecule has 2 saturated heterocycles. The number of aromatic nitrogens is 1. The maximum atomic E-state index is 11.8. The summed E-state index contributed by atoms with van der Waals surface area (Å²) in [6.07, 6.45) is 2.64. The SMILES string of the molecule is O=C1CC[C@@H](Nc2ccnc(N3CCNCC3)c2)C(=O)N1. The van der Waals surface area contributed by atoms with Gasteiger partial charge in [0.2, 0.25) is 11.8 Å². The zero-order valence-corrected chi connectivity index (χ0v) is 11.8. The van der Waals surface area contributed by atoms with E-state index in [0.717, 1.165) is 37.7 Å². The van der Waals surface area contributed by atoms with E-state index >= 15 is 0 Å². The number of piperidine rings is 1. The molecule has 7 nitrogen and oxygen atoms in total. The monoisotopic (exact) mass is 289 g/mol. The zero-order chi connectivity index (χ0) is 14.7. The third kappa shape index (κ3) is 3.30. The Morgan fingerprint density at radius 1 is 1.29 bits per heavy atom. The van der Waals surface area contributed by atoms with Crippen LogP contribution in [0.5, 0.6) is 0 Å². The third-order valence-corrected chi connectivity index (χ3v) is 3.77. The number of carbonyl (C=O) groups excluding carboxylic acids is 2. The van der Waals surface area contributed by atoms with Crippen molar-refractivity contribution in [3.8, 4) is 0 Å². The number of imide groups is 1. The van der Waals surface area contributed by atoms with Gasteiger partial charge in [-0.25, -0.2) is 4.98 Å². The first kappa shape index (κ1) is 13.8. The van der Waals surface area contributed by atoms with Gasteiger partial charge in [0.05, 0.1) is 0 Å². The first-order valence-electron chi connectivity index (χ1n) is 7.24. The van der Waals surface area contributed by atoms with Crippen LogP contribution < -0.4 is 20.9 Å². The van der Waals surface area contributed by atoms with Crippen molar-refractivity contribution >= 4 is 23.3 Å². The molecule has 21 heavy (non-hydrogen) atoms. The fraction of sp³-hybridized carbons (Fsp3) is 0.500. The van der Waals surface area contributed by atoms with Crippen molar-refractivity contribution in [3.05, 3.63) is 18.3 Å². The molecule has 3 rings (SSSR count). The van der Waals surface area contributed by atoms with Crippen LogP contribution in [0.4, 0.5) is 11.5 Å². The predicted octanol–water partition coefficient (Wildman–Crippen LogP) is -0.292. The van der Waals surface area contributed by atoms with E-state index in [1.54, 1.807) is 6.20 Å². The Morgan fingerprint density at radius 3 is 2.86 bits per heavy atom. The third-order valence-electron chi connectivity index (χ3n) is 3.77. The van der Waals surface area contributed by atoms with E-state index in [1.807, 2.05) is 12.1 Å². The van der Waals surface area contributed by atoms with Crippen molar-refractivity contribution in [2.75, 3.05) is 36.4 Å². The fourth-order valence-corrected chi connectivity index (χ4v) is 2.61. The molecule has 0 saturated carbocycles. The molecule has 0 unspecified atom stereocenters. The highest BCUT2D eigenvalue weighted by Crippen LogP contribution is 2.19. The first-order chi connectivity index (χ1) is 10.2. The van der Waals surface area contributed by atoms with E-state index in [1.165, 1.54) is 0 Å². The van der Waals surface area contributed by atoms with Crippen LogP contribution in [0.2, 0.25) is 0 Å². The predicted molar refractivity (Wildman–Crippen MR) is 79.1 cm³/mol. The van der Waals surface area contributed by atoms with Gasteiger partial charge in [-0.05, 0) is 12.5 Å². The van der Waals surface area contributed by atoms with Gasteiger partial charge in [0.25, 0.3) is 0 Å². The van der Waals surface area contributed by atoms with Crippen LogP contribution in [0.3, 0.4) is 0 Å². The number of hydrogen-bond donors (Lipinski definition) is 3. The van der Waals surface area contributed by atoms with Crippen molar-refractivity contribution in [1.82, 2.24) is 15.6 Å². The largest absolute Gasteiger partial charge is 0.374 e. The summed E-state index contributed by atoms with van der Waals surface area (Å²) in [6.45, 7) is 3.75. The number of nitrogens with one attached hydrogen (secondary N) is 3. The number of carbonyl (C=O) groups is 2. The van der Waals surface area contributed by atoms with Crippen molar-refractivity contribution in [2.45, 2.75) is 18.9 Å². The van der Waals surface area contributed by atoms with E-state index in [4.69, 9.17) is 0 Å². The minimum atomic E-state index is -0.360. The summed E-state index contributed by atoms with van der Waals surface area (Å²) in [5, 5.41) is 8.84. The normalized spacial score (nSPS) is 22.9. The van der Waals surface area contributed by atoms with Gasteiger partial charge in [-0.3, -0.25) is 14.9 Å². The number of amides is 2. The van der Waals surface area contributed by atoms with Crippen LogP contribution in [-0.4, -0.2) is 49.0 Å². The standard InChI is InChI=1S/C14H19N5O2/c20-13-2-1-11(14(21)18-13)17-10-3-4-16-12(9-10)19-7-5-15-6-8-19/h3-4,9,11,15H,1-2,5-8H2,(H,16,17)(H,18,20,21)/t11-/m1/s1. The maximum Gasteiger partial charge on any atom is 0.249 e. The number of rotatable bonds is 3. The summed E-state index contributed by atoms with van der Waals surface area (Å²) < 4.78 is 0. The molecule has 2 aliphatic heterocycles. The van der Waals surface area contributed by atoms with Gasteiger partial charge >= 0.3 is 0 Å². The molecule has 2 amide bonds. The van der Waals surface area contributed by atoms with E-state index < -0.39 is 0 Å². The second-order valence-corrected chi connectivity index (χ2v) is 5.29. The van der Waals surface area contributed by atoms with Crippen LogP contribution >= 0.6 is 0 Å². The lowest BCUT2D eigenvalue weighted by Gasteiger charge is -2.29. The topological polar surface area (TPSA) is 86.4 Å². The Bertz CT molecular complexity index is 542. The van der Waals surface area contributed by atoms with Crippen molar-refractivity contribution in [3.63, 3.8) is 0 Å². The molecule has 2 fully saturated rings. The number of piperazine rings is 1. The summed E-state index contributed by atoms with van der Waals surface area (Å²) >= 11 is 0. The molecule has 1 atom stereocenters. The van der Waals surface area contributed by atoms with Crippen LogP contribution in [0.1, 0.15) is 12.8 Å². The molecule has 0 spiro atoms. The zero-order valence-electron chi connectivity index (χ0n) is 11.8. The lowest BCUT2D eigenvalue weighted by atomic mass is 10.1. The Kier molecular flexibility index (Phi) is 4.01. The molecular formula is C14H19N5O2. The van der Waals surface area contributed by atoms with E-state index in [0.29, 0.717) is 12.8 Å². The maximum absolute atomic E-state index is 11.8. The van der Waals surface area contributed by atoms with Gasteiger partial charge in [-0.2, -0.15) is 0 Å². The average molecular weight is 289 g/mol. The molecule has 3 N–H and O–H groups in total. The van der Waals surface area contributed by atoms with Gasteiger partial charge in [0.1, 0.15) is 11.9 Å². The highest BCUT2D eigenvalue weighted by atomic mass is 16.2. The minimum absolute atomic E-state index is 0.200. The van der Waals surface area contributed by atoms with Crippen LogP contribution in [0.15, 0.2) is 18.3 Å². The second-order valence-electron chi connectivity index (χ2n) is 5.29. The highest BCUT2D eigenvalue weighted by molar-refractivity contribution is 6.01. The number of anilines is 2. The van der Waals surface area contributed by atoms with Crippen LogP contribution in [0, 0.1) is 0 Å². The molecule has 0 aliphatic carbocycles. The molecule has 0 aromatic carbocycles. The Balaban J connectivity index is 1.68. The fourth-order valence-electron chi connectivity index (χ4n) is 2.61. The Hall–Kier alpha value is -2.15. The Labute approximate surface area is 123 Å². The van der Waals surface area contributed by atoms with Gasteiger partial charge < -0.3 is 15.5 Å². The summed E-state index contributed by atoms with van der Waals surface area (Å²) in [5.41, 5.74) is 0.855. The van der Waals surface area contributed by atoms with Crippen LogP contribution in [0.25, 0.3) is 0 Å². The van der Waals surface area contributed by atoms with Gasteiger partial charge in [0, 0.05) is 50.6 Å². The molecule has 1 aromatic heterocycles. The molecule has 112 valence electrons. The lowest BCUT2D eigenvalue weighted by Crippen LogP contribution is -2.47. The van der Waals surface area contributed by atoms with Crippen LogP contribution in [-0.2, 0) is 9.59 Å². The van der Waals surface area contributed by atoms with Crippen molar-refractivity contribution in [2.24, 2.45) is 0 Å². The van der Waals surface area contributed by atoms with Crippen molar-refractivity contribution < 1.29 is 9.59 Å². The molecule has 1 aromatic rings. The van der Waals surface area contributed by atoms with Crippen molar-refractivity contribution in [1.29, 1.82) is 0 Å². The molecular weight excluding hydrogens is 270 g/mol. The second kappa shape index (κ2) is 6.09. The van der Waals surface area contributed by atoms with Gasteiger partial charge in [-0.1, -0.05) is 0 Å². The summed E-state index contributed by atoms with van der Waals surface area (Å²) in [7, 11) is 0. The average Bonchev–Trinajstić information content (AvgIpc) is 2.51. The summed E-state index contributed by atoms with van der Waals surface area (Å²) in [6, 6.07) is 3.44.